The van der Waals surface area contributed by atoms with Gasteiger partial charge >= 0.3 is 0 Å². The van der Waals surface area contributed by atoms with E-state index >= 15 is 0 Å². The van der Waals surface area contributed by atoms with Crippen LogP contribution in [0.5, 0.6) is 0 Å². The highest BCUT2D eigenvalue weighted by molar-refractivity contribution is 7.62. The third kappa shape index (κ3) is 4.26. The van der Waals surface area contributed by atoms with Gasteiger partial charge in [0.15, 0.2) is 0 Å². The zero-order valence-electron chi connectivity index (χ0n) is 13.1. The van der Waals surface area contributed by atoms with Crippen LogP contribution in [-0.2, 0) is 11.1 Å². The van der Waals surface area contributed by atoms with Gasteiger partial charge < -0.3 is 4.57 Å². The number of aryl methyl sites for hydroxylation is 2. The minimum Gasteiger partial charge on any atom is -0.322 e. The lowest BCUT2D eigenvalue weighted by Crippen LogP contribution is -2.21. The van der Waals surface area contributed by atoms with Crippen molar-refractivity contribution in [2.75, 3.05) is 13.3 Å². The van der Waals surface area contributed by atoms with Gasteiger partial charge in [0.2, 0.25) is 0 Å². The first-order valence-corrected chi connectivity index (χ1v) is 9.79. The average molecular weight is 302 g/mol. The van der Waals surface area contributed by atoms with Gasteiger partial charge in [-0.25, -0.2) is 0 Å². The molecule has 3 nitrogen and oxygen atoms in total. The Labute approximate surface area is 127 Å². The van der Waals surface area contributed by atoms with Crippen LogP contribution in [0, 0.1) is 13.8 Å². The molecule has 2 aromatic rings. The van der Waals surface area contributed by atoms with E-state index in [9.17, 15) is 4.57 Å². The van der Waals surface area contributed by atoms with Gasteiger partial charge in [-0.3, -0.25) is 10.3 Å². The first-order valence-electron chi connectivity index (χ1n) is 7.12. The number of aromatic nitrogens is 1. The summed E-state index contributed by atoms with van der Waals surface area (Å²) < 4.78 is 12.6. The summed E-state index contributed by atoms with van der Waals surface area (Å²) in [5.41, 5.74) is 4.72. The monoisotopic (exact) mass is 302 g/mol. The number of benzene rings is 1. The van der Waals surface area contributed by atoms with Crippen LogP contribution in [0.4, 0.5) is 0 Å². The molecule has 1 N–H and O–H groups in total. The Hall–Kier alpha value is -1.44. The van der Waals surface area contributed by atoms with Crippen LogP contribution in [0.25, 0.3) is 0 Å². The lowest BCUT2D eigenvalue weighted by atomic mass is 10.1. The van der Waals surface area contributed by atoms with Crippen molar-refractivity contribution < 1.29 is 4.57 Å². The van der Waals surface area contributed by atoms with Gasteiger partial charge in [0.05, 0.1) is 5.78 Å². The molecule has 1 aromatic carbocycles. The normalized spacial score (nSPS) is 13.1. The lowest BCUT2D eigenvalue weighted by Gasteiger charge is -2.23. The molecule has 0 saturated carbocycles. The number of hydrogen-bond donors (Lipinski definition) is 1. The molecular formula is C17H23N2OP. The van der Waals surface area contributed by atoms with Gasteiger partial charge in [-0.1, -0.05) is 29.8 Å². The van der Waals surface area contributed by atoms with Crippen LogP contribution < -0.4 is 5.32 Å². The van der Waals surface area contributed by atoms with Crippen LogP contribution in [0.1, 0.15) is 28.0 Å². The van der Waals surface area contributed by atoms with E-state index in [1.807, 2.05) is 25.5 Å². The van der Waals surface area contributed by atoms with Gasteiger partial charge in [0.25, 0.3) is 0 Å². The maximum absolute atomic E-state index is 12.6. The average Bonchev–Trinajstić information content (AvgIpc) is 2.42. The van der Waals surface area contributed by atoms with Crippen LogP contribution in [0.2, 0.25) is 0 Å². The fourth-order valence-corrected chi connectivity index (χ4v) is 3.83. The highest BCUT2D eigenvalue weighted by Gasteiger charge is 2.24. The van der Waals surface area contributed by atoms with Gasteiger partial charge in [0, 0.05) is 18.9 Å². The van der Waals surface area contributed by atoms with E-state index in [2.05, 4.69) is 42.3 Å². The summed E-state index contributed by atoms with van der Waals surface area (Å²) in [4.78, 5) is 4.14. The summed E-state index contributed by atoms with van der Waals surface area (Å²) in [5, 5.41) is 3.46. The van der Waals surface area contributed by atoms with Gasteiger partial charge in [-0.15, -0.1) is 0 Å². The van der Waals surface area contributed by atoms with Crippen molar-refractivity contribution in [3.8, 4) is 0 Å². The van der Waals surface area contributed by atoms with Gasteiger partial charge in [0.1, 0.15) is 7.14 Å². The Morgan fingerprint density at radius 3 is 2.62 bits per heavy atom. The fraction of sp³-hybridized carbons (Fsp3) is 0.353. The number of hydrogen-bond acceptors (Lipinski definition) is 3. The molecule has 21 heavy (non-hydrogen) atoms. The van der Waals surface area contributed by atoms with Crippen molar-refractivity contribution in [1.82, 2.24) is 10.3 Å². The quantitative estimate of drug-likeness (QED) is 0.845. The van der Waals surface area contributed by atoms with Gasteiger partial charge in [-0.05, 0) is 49.9 Å². The number of pyridine rings is 1. The number of nitrogens with one attached hydrogen (secondary N) is 1. The van der Waals surface area contributed by atoms with Crippen molar-refractivity contribution >= 4 is 7.14 Å². The van der Waals surface area contributed by atoms with E-state index < -0.39 is 7.14 Å². The highest BCUT2D eigenvalue weighted by Crippen LogP contribution is 2.50. The Bertz CT molecular complexity index is 649. The molecule has 0 aliphatic rings. The smallest absolute Gasteiger partial charge is 0.102 e. The molecule has 4 heteroatoms. The molecule has 0 unspecified atom stereocenters. The van der Waals surface area contributed by atoms with Crippen LogP contribution in [-0.4, -0.2) is 18.3 Å². The predicted molar refractivity (Wildman–Crippen MR) is 89.2 cm³/mol. The van der Waals surface area contributed by atoms with Crippen molar-refractivity contribution in [3.05, 3.63) is 65.0 Å². The molecule has 0 spiro atoms. The largest absolute Gasteiger partial charge is 0.322 e. The number of rotatable bonds is 5. The highest BCUT2D eigenvalue weighted by atomic mass is 31.2. The van der Waals surface area contributed by atoms with Crippen molar-refractivity contribution in [2.45, 2.75) is 26.2 Å². The van der Waals surface area contributed by atoms with Crippen molar-refractivity contribution in [2.24, 2.45) is 0 Å². The van der Waals surface area contributed by atoms with E-state index in [-0.39, 0.29) is 5.78 Å². The zero-order chi connectivity index (χ0) is 15.5. The molecule has 0 aliphatic carbocycles. The summed E-state index contributed by atoms with van der Waals surface area (Å²) >= 11 is 0. The zero-order valence-corrected chi connectivity index (χ0v) is 14.0. The molecular weight excluding hydrogens is 279 g/mol. The second-order valence-electron chi connectivity index (χ2n) is 5.93. The minimum atomic E-state index is -2.31. The van der Waals surface area contributed by atoms with E-state index in [1.165, 1.54) is 16.7 Å². The maximum Gasteiger partial charge on any atom is 0.102 e. The minimum absolute atomic E-state index is 0.161. The maximum atomic E-state index is 12.6. The van der Waals surface area contributed by atoms with Crippen molar-refractivity contribution in [3.63, 3.8) is 0 Å². The summed E-state index contributed by atoms with van der Waals surface area (Å²) in [6.07, 6.45) is 3.53. The SMILES string of the molecule is Cc1ccc(C)c(CN[C@H](c2cccnc2)P(C)(C)=O)c1. The standard InChI is InChI=1S/C17H23N2OP/c1-13-7-8-14(2)16(10-13)12-19-17(21(3,4)20)15-6-5-9-18-11-15/h5-11,17,19H,12H2,1-4H3/t17-/m0/s1. The molecule has 2 rings (SSSR count). The summed E-state index contributed by atoms with van der Waals surface area (Å²) in [5.74, 6) is -0.161. The molecule has 0 fully saturated rings. The molecule has 0 radical (unpaired) electrons. The summed E-state index contributed by atoms with van der Waals surface area (Å²) in [7, 11) is -2.31. The van der Waals surface area contributed by atoms with E-state index in [0.29, 0.717) is 6.54 Å². The van der Waals surface area contributed by atoms with Crippen LogP contribution >= 0.6 is 7.14 Å². The van der Waals surface area contributed by atoms with E-state index in [1.54, 1.807) is 12.4 Å². The van der Waals surface area contributed by atoms with Crippen molar-refractivity contribution in [1.29, 1.82) is 0 Å². The van der Waals surface area contributed by atoms with E-state index in [0.717, 1.165) is 5.56 Å². The second kappa shape index (κ2) is 6.55. The lowest BCUT2D eigenvalue weighted by molar-refractivity contribution is 0.552. The molecule has 0 bridgehead atoms. The summed E-state index contributed by atoms with van der Waals surface area (Å²) in [6.45, 7) is 8.54. The molecule has 1 heterocycles. The summed E-state index contributed by atoms with van der Waals surface area (Å²) in [6, 6.07) is 10.3. The predicted octanol–water partition coefficient (Wildman–Crippen LogP) is 4.11. The molecule has 0 saturated heterocycles. The molecule has 0 amide bonds. The van der Waals surface area contributed by atoms with Gasteiger partial charge in [-0.2, -0.15) is 0 Å². The molecule has 1 atom stereocenters. The van der Waals surface area contributed by atoms with E-state index in [4.69, 9.17) is 0 Å². The first-order chi connectivity index (χ1) is 9.88. The fourth-order valence-electron chi connectivity index (χ4n) is 2.43. The first kappa shape index (κ1) is 15.9. The Kier molecular flexibility index (Phi) is 4.97. The third-order valence-corrected chi connectivity index (χ3v) is 5.34. The van der Waals surface area contributed by atoms with Crippen LogP contribution in [0.3, 0.4) is 0 Å². The topological polar surface area (TPSA) is 42.0 Å². The van der Waals surface area contributed by atoms with Crippen LogP contribution in [0.15, 0.2) is 42.7 Å². The molecule has 1 aromatic heterocycles. The number of nitrogens with zero attached hydrogens (tertiary/aromatic N) is 1. The Balaban J connectivity index is 2.21. The Morgan fingerprint density at radius 2 is 2.00 bits per heavy atom. The molecule has 112 valence electrons. The third-order valence-electron chi connectivity index (χ3n) is 3.61. The molecule has 0 aliphatic heterocycles. The Morgan fingerprint density at radius 1 is 1.24 bits per heavy atom. The second-order valence-corrected chi connectivity index (χ2v) is 9.32.